The van der Waals surface area contributed by atoms with Gasteiger partial charge >= 0.3 is 5.97 Å². The van der Waals surface area contributed by atoms with Gasteiger partial charge in [0.1, 0.15) is 28.7 Å². The van der Waals surface area contributed by atoms with E-state index in [9.17, 15) is 9.90 Å². The first kappa shape index (κ1) is 19.2. The molecule has 0 spiro atoms. The molecular formula is C20H20N2O6. The van der Waals surface area contributed by atoms with Crippen LogP contribution in [0.3, 0.4) is 0 Å². The number of rotatable bonds is 7. The Morgan fingerprint density at radius 3 is 2.32 bits per heavy atom. The summed E-state index contributed by atoms with van der Waals surface area (Å²) in [7, 11) is 4.58. The second-order valence-electron chi connectivity index (χ2n) is 5.95. The molecule has 0 fully saturated rings. The molecule has 0 saturated carbocycles. The molecule has 3 rings (SSSR count). The molecule has 8 heteroatoms. The van der Waals surface area contributed by atoms with Crippen molar-refractivity contribution < 1.29 is 28.8 Å². The standard InChI is InChI=1S/C20H20N2O6/c1-11(20(23)24)19-17(27-4)9-13(10-22-19)28-15-5-6-21-14-7-12(25-2)8-16(26-3)18(14)15/h5-11H,1-4H3,(H,23,24). The van der Waals surface area contributed by atoms with Crippen molar-refractivity contribution in [2.24, 2.45) is 0 Å². The van der Waals surface area contributed by atoms with Crippen molar-refractivity contribution in [2.45, 2.75) is 12.8 Å². The lowest BCUT2D eigenvalue weighted by Crippen LogP contribution is -2.10. The summed E-state index contributed by atoms with van der Waals surface area (Å²) in [5.41, 5.74) is 0.967. The molecular weight excluding hydrogens is 364 g/mol. The lowest BCUT2D eigenvalue weighted by molar-refractivity contribution is -0.138. The molecule has 2 heterocycles. The van der Waals surface area contributed by atoms with E-state index in [0.29, 0.717) is 45.3 Å². The number of hydrogen-bond donors (Lipinski definition) is 1. The minimum Gasteiger partial charge on any atom is -0.497 e. The van der Waals surface area contributed by atoms with Crippen molar-refractivity contribution in [3.8, 4) is 28.7 Å². The fraction of sp³-hybridized carbons (Fsp3) is 0.250. The number of carbonyl (C=O) groups is 1. The Balaban J connectivity index is 2.04. The van der Waals surface area contributed by atoms with E-state index in [1.807, 2.05) is 0 Å². The van der Waals surface area contributed by atoms with Gasteiger partial charge in [-0.05, 0) is 13.0 Å². The number of aromatic nitrogens is 2. The van der Waals surface area contributed by atoms with Gasteiger partial charge < -0.3 is 24.1 Å². The van der Waals surface area contributed by atoms with Crippen LogP contribution < -0.4 is 18.9 Å². The monoisotopic (exact) mass is 384 g/mol. The average Bonchev–Trinajstić information content (AvgIpc) is 2.72. The maximum atomic E-state index is 11.3. The van der Waals surface area contributed by atoms with Gasteiger partial charge in [-0.2, -0.15) is 0 Å². The van der Waals surface area contributed by atoms with Crippen LogP contribution in [-0.2, 0) is 4.79 Å². The van der Waals surface area contributed by atoms with Crippen molar-refractivity contribution in [3.63, 3.8) is 0 Å². The molecule has 0 amide bonds. The summed E-state index contributed by atoms with van der Waals surface area (Å²) < 4.78 is 22.0. The zero-order valence-corrected chi connectivity index (χ0v) is 15.9. The largest absolute Gasteiger partial charge is 0.497 e. The zero-order valence-electron chi connectivity index (χ0n) is 15.9. The number of pyridine rings is 2. The molecule has 0 saturated heterocycles. The molecule has 0 radical (unpaired) electrons. The van der Waals surface area contributed by atoms with Crippen molar-refractivity contribution >= 4 is 16.9 Å². The predicted octanol–water partition coefficient (Wildman–Crippen LogP) is 3.64. The Morgan fingerprint density at radius 2 is 1.68 bits per heavy atom. The number of aliphatic carboxylic acids is 1. The number of fused-ring (bicyclic) bond motifs is 1. The van der Waals surface area contributed by atoms with Crippen LogP contribution in [0.2, 0.25) is 0 Å². The minimum atomic E-state index is -0.988. The molecule has 1 N–H and O–H groups in total. The van der Waals surface area contributed by atoms with Crippen molar-refractivity contribution in [3.05, 3.63) is 42.4 Å². The summed E-state index contributed by atoms with van der Waals surface area (Å²) in [6, 6.07) is 6.83. The van der Waals surface area contributed by atoms with Crippen molar-refractivity contribution in [2.75, 3.05) is 21.3 Å². The molecule has 1 unspecified atom stereocenters. The van der Waals surface area contributed by atoms with Crippen LogP contribution in [0.15, 0.2) is 36.7 Å². The molecule has 28 heavy (non-hydrogen) atoms. The number of ether oxygens (including phenoxy) is 4. The number of nitrogens with zero attached hydrogens (tertiary/aromatic N) is 2. The van der Waals surface area contributed by atoms with Crippen LogP contribution >= 0.6 is 0 Å². The summed E-state index contributed by atoms with van der Waals surface area (Å²) in [6.07, 6.45) is 3.07. The lowest BCUT2D eigenvalue weighted by atomic mass is 10.1. The number of methoxy groups -OCH3 is 3. The summed E-state index contributed by atoms with van der Waals surface area (Å²) in [5, 5.41) is 9.89. The van der Waals surface area contributed by atoms with E-state index in [1.165, 1.54) is 13.3 Å². The smallest absolute Gasteiger partial charge is 0.312 e. The Hall–Kier alpha value is -3.55. The third-order valence-electron chi connectivity index (χ3n) is 4.28. The van der Waals surface area contributed by atoms with E-state index >= 15 is 0 Å². The van der Waals surface area contributed by atoms with Gasteiger partial charge in [0.05, 0.1) is 50.0 Å². The normalized spacial score (nSPS) is 11.7. The van der Waals surface area contributed by atoms with Gasteiger partial charge in [0.15, 0.2) is 0 Å². The predicted molar refractivity (Wildman–Crippen MR) is 102 cm³/mol. The topological polar surface area (TPSA) is 100 Å². The molecule has 0 aliphatic rings. The second-order valence-corrected chi connectivity index (χ2v) is 5.95. The fourth-order valence-electron chi connectivity index (χ4n) is 2.78. The van der Waals surface area contributed by atoms with Gasteiger partial charge in [0.25, 0.3) is 0 Å². The summed E-state index contributed by atoms with van der Waals surface area (Å²) >= 11 is 0. The van der Waals surface area contributed by atoms with Crippen LogP contribution in [0.1, 0.15) is 18.5 Å². The minimum absolute atomic E-state index is 0.323. The molecule has 146 valence electrons. The van der Waals surface area contributed by atoms with Crippen LogP contribution in [0.25, 0.3) is 10.9 Å². The molecule has 0 bridgehead atoms. The Kier molecular flexibility index (Phi) is 5.49. The molecule has 0 aliphatic carbocycles. The first-order valence-electron chi connectivity index (χ1n) is 8.43. The molecule has 1 atom stereocenters. The van der Waals surface area contributed by atoms with E-state index in [2.05, 4.69) is 9.97 Å². The molecule has 1 aromatic carbocycles. The van der Waals surface area contributed by atoms with Gasteiger partial charge in [0, 0.05) is 24.4 Å². The zero-order chi connectivity index (χ0) is 20.3. The third kappa shape index (κ3) is 3.62. The van der Waals surface area contributed by atoms with Crippen molar-refractivity contribution in [1.29, 1.82) is 0 Å². The molecule has 0 aliphatic heterocycles. The highest BCUT2D eigenvalue weighted by Crippen LogP contribution is 2.39. The highest BCUT2D eigenvalue weighted by Gasteiger charge is 2.21. The van der Waals surface area contributed by atoms with E-state index in [4.69, 9.17) is 18.9 Å². The second kappa shape index (κ2) is 7.99. The maximum absolute atomic E-state index is 11.3. The highest BCUT2D eigenvalue weighted by atomic mass is 16.5. The van der Waals surface area contributed by atoms with Crippen LogP contribution in [0.4, 0.5) is 0 Å². The number of hydrogen-bond acceptors (Lipinski definition) is 7. The van der Waals surface area contributed by atoms with Gasteiger partial charge in [-0.25, -0.2) is 0 Å². The third-order valence-corrected chi connectivity index (χ3v) is 4.28. The van der Waals surface area contributed by atoms with Crippen LogP contribution in [-0.4, -0.2) is 42.4 Å². The fourth-order valence-corrected chi connectivity index (χ4v) is 2.78. The quantitative estimate of drug-likeness (QED) is 0.659. The molecule has 2 aromatic heterocycles. The Morgan fingerprint density at radius 1 is 0.964 bits per heavy atom. The van der Waals surface area contributed by atoms with Gasteiger partial charge in [0.2, 0.25) is 0 Å². The first-order chi connectivity index (χ1) is 13.5. The Labute approximate surface area is 161 Å². The molecule has 8 nitrogen and oxygen atoms in total. The summed E-state index contributed by atoms with van der Waals surface area (Å²) in [6.45, 7) is 1.54. The summed E-state index contributed by atoms with van der Waals surface area (Å²) in [4.78, 5) is 19.8. The van der Waals surface area contributed by atoms with E-state index < -0.39 is 11.9 Å². The van der Waals surface area contributed by atoms with Gasteiger partial charge in [-0.15, -0.1) is 0 Å². The van der Waals surface area contributed by atoms with E-state index in [0.717, 1.165) is 0 Å². The Bertz CT molecular complexity index is 1020. The SMILES string of the molecule is COc1cc(OC)c2c(Oc3cnc(C(C)C(=O)O)c(OC)c3)ccnc2c1. The maximum Gasteiger partial charge on any atom is 0.312 e. The van der Waals surface area contributed by atoms with E-state index in [1.54, 1.807) is 51.6 Å². The highest BCUT2D eigenvalue weighted by molar-refractivity contribution is 5.92. The number of benzene rings is 1. The van der Waals surface area contributed by atoms with Gasteiger partial charge in [-0.3, -0.25) is 14.8 Å². The van der Waals surface area contributed by atoms with E-state index in [-0.39, 0.29) is 0 Å². The van der Waals surface area contributed by atoms with Crippen LogP contribution in [0.5, 0.6) is 28.7 Å². The van der Waals surface area contributed by atoms with Gasteiger partial charge in [-0.1, -0.05) is 0 Å². The van der Waals surface area contributed by atoms with Crippen LogP contribution in [0, 0.1) is 0 Å². The number of carboxylic acid groups (broad SMARTS) is 1. The average molecular weight is 384 g/mol. The summed E-state index contributed by atoms with van der Waals surface area (Å²) in [5.74, 6) is 0.602. The molecule has 3 aromatic rings. The lowest BCUT2D eigenvalue weighted by Gasteiger charge is -2.15. The first-order valence-corrected chi connectivity index (χ1v) is 8.43. The number of carboxylic acids is 1. The van der Waals surface area contributed by atoms with Crippen molar-refractivity contribution in [1.82, 2.24) is 9.97 Å².